The van der Waals surface area contributed by atoms with E-state index in [0.717, 1.165) is 23.5 Å². The Kier molecular flexibility index (Phi) is 9.86. The molecule has 0 spiro atoms. The highest BCUT2D eigenvalue weighted by atomic mass is 32.2. The number of hydrogen-bond donors (Lipinski definition) is 2. The number of anilines is 1. The van der Waals surface area contributed by atoms with Gasteiger partial charge in [-0.3, -0.25) is 14.4 Å². The number of fused-ring (bicyclic) bond motifs is 1. The number of benzene rings is 2. The number of nitrogens with zero attached hydrogens (tertiary/aromatic N) is 2. The summed E-state index contributed by atoms with van der Waals surface area (Å²) >= 11 is 1.09. The monoisotopic (exact) mass is 625 g/mol. The van der Waals surface area contributed by atoms with Crippen molar-refractivity contribution in [3.63, 3.8) is 0 Å². The molecular formula is C29H34F3N3O5S2. The Bertz CT molecular complexity index is 1460. The van der Waals surface area contributed by atoms with Gasteiger partial charge in [0.05, 0.1) is 24.6 Å². The van der Waals surface area contributed by atoms with Crippen LogP contribution in [0, 0.1) is 5.92 Å². The molecule has 1 aromatic heterocycles. The molecule has 4 rings (SSSR count). The zero-order chi connectivity index (χ0) is 30.7. The first-order valence-electron chi connectivity index (χ1n) is 13.4. The predicted octanol–water partition coefficient (Wildman–Crippen LogP) is 4.85. The molecule has 0 saturated heterocycles. The van der Waals surface area contributed by atoms with Gasteiger partial charge in [-0.05, 0) is 61.3 Å². The second-order valence-corrected chi connectivity index (χ2v) is 13.5. The lowest BCUT2D eigenvalue weighted by atomic mass is 10.0. The number of ether oxygens (including phenoxy) is 1. The number of aliphatic hydroxyl groups is 1. The van der Waals surface area contributed by atoms with E-state index in [4.69, 9.17) is 4.74 Å². The number of carbonyl (C=O) groups excluding carboxylic acids is 1. The highest BCUT2D eigenvalue weighted by Gasteiger charge is 2.32. The quantitative estimate of drug-likeness (QED) is 0.353. The SMILES string of the molecule is C[C@@H]1CN([C@@H](C)CO)C(=O)Cc2cc(NS(=O)(=O)c3cccs3)ccc2O[C@H]1CN(C)Cc1ccc(C(F)(F)F)cc1. The summed E-state index contributed by atoms with van der Waals surface area (Å²) in [5.74, 6) is 0.0203. The lowest BCUT2D eigenvalue weighted by Crippen LogP contribution is -2.47. The van der Waals surface area contributed by atoms with Crippen LogP contribution in [0.15, 0.2) is 64.2 Å². The van der Waals surface area contributed by atoms with Gasteiger partial charge in [0.1, 0.15) is 16.1 Å². The zero-order valence-electron chi connectivity index (χ0n) is 23.5. The molecule has 8 nitrogen and oxygen atoms in total. The molecule has 228 valence electrons. The van der Waals surface area contributed by atoms with Gasteiger partial charge in [-0.1, -0.05) is 25.1 Å². The van der Waals surface area contributed by atoms with Gasteiger partial charge in [-0.2, -0.15) is 13.2 Å². The number of halogens is 3. The summed E-state index contributed by atoms with van der Waals surface area (Å²) in [6.07, 6.45) is -4.90. The first kappa shape index (κ1) is 31.8. The molecule has 3 atom stereocenters. The second kappa shape index (κ2) is 13.0. The number of rotatable bonds is 9. The average Bonchev–Trinajstić information content (AvgIpc) is 3.48. The summed E-state index contributed by atoms with van der Waals surface area (Å²) in [6, 6.07) is 12.5. The molecule has 1 aliphatic rings. The highest BCUT2D eigenvalue weighted by Crippen LogP contribution is 2.31. The summed E-state index contributed by atoms with van der Waals surface area (Å²) < 4.78 is 73.7. The van der Waals surface area contributed by atoms with Crippen LogP contribution < -0.4 is 9.46 Å². The van der Waals surface area contributed by atoms with E-state index in [9.17, 15) is 31.5 Å². The fourth-order valence-electron chi connectivity index (χ4n) is 4.82. The highest BCUT2D eigenvalue weighted by molar-refractivity contribution is 7.94. The first-order valence-corrected chi connectivity index (χ1v) is 15.7. The maximum Gasteiger partial charge on any atom is 0.416 e. The van der Waals surface area contributed by atoms with Crippen LogP contribution in [0.1, 0.15) is 30.5 Å². The van der Waals surface area contributed by atoms with Gasteiger partial charge in [0.15, 0.2) is 0 Å². The minimum Gasteiger partial charge on any atom is -0.488 e. The maximum absolute atomic E-state index is 13.4. The van der Waals surface area contributed by atoms with Crippen molar-refractivity contribution in [1.82, 2.24) is 9.80 Å². The van der Waals surface area contributed by atoms with E-state index < -0.39 is 33.9 Å². The van der Waals surface area contributed by atoms with E-state index >= 15 is 0 Å². The van der Waals surface area contributed by atoms with Gasteiger partial charge in [-0.15, -0.1) is 11.3 Å². The van der Waals surface area contributed by atoms with E-state index in [2.05, 4.69) is 4.72 Å². The van der Waals surface area contributed by atoms with Crippen molar-refractivity contribution in [2.75, 3.05) is 31.5 Å². The number of likely N-dealkylation sites (N-methyl/N-ethyl adjacent to an activating group) is 1. The third kappa shape index (κ3) is 7.82. The Balaban J connectivity index is 1.59. The first-order chi connectivity index (χ1) is 19.8. The van der Waals surface area contributed by atoms with Crippen LogP contribution in [0.2, 0.25) is 0 Å². The Labute approximate surface area is 247 Å². The number of alkyl halides is 3. The van der Waals surface area contributed by atoms with Crippen molar-refractivity contribution < 1.29 is 36.2 Å². The van der Waals surface area contributed by atoms with Gasteiger partial charge >= 0.3 is 6.18 Å². The summed E-state index contributed by atoms with van der Waals surface area (Å²) in [5, 5.41) is 11.5. The molecule has 0 radical (unpaired) electrons. The Morgan fingerprint density at radius 2 is 1.90 bits per heavy atom. The molecule has 2 aromatic carbocycles. The van der Waals surface area contributed by atoms with Crippen LogP contribution in [-0.2, 0) is 34.0 Å². The fourth-order valence-corrected chi connectivity index (χ4v) is 6.86. The van der Waals surface area contributed by atoms with Crippen LogP contribution in [0.3, 0.4) is 0 Å². The summed E-state index contributed by atoms with van der Waals surface area (Å²) in [6.45, 7) is 4.54. The van der Waals surface area contributed by atoms with Gasteiger partial charge in [0.25, 0.3) is 10.0 Å². The van der Waals surface area contributed by atoms with Gasteiger partial charge in [-0.25, -0.2) is 8.42 Å². The van der Waals surface area contributed by atoms with Crippen molar-refractivity contribution in [2.24, 2.45) is 5.92 Å². The van der Waals surface area contributed by atoms with Crippen LogP contribution in [0.5, 0.6) is 5.75 Å². The van der Waals surface area contributed by atoms with E-state index in [1.165, 1.54) is 18.2 Å². The van der Waals surface area contributed by atoms with E-state index in [1.54, 1.807) is 41.5 Å². The van der Waals surface area contributed by atoms with Crippen LogP contribution in [0.25, 0.3) is 0 Å². The molecule has 3 aromatic rings. The maximum atomic E-state index is 13.4. The Morgan fingerprint density at radius 3 is 2.52 bits per heavy atom. The van der Waals surface area contributed by atoms with Crippen LogP contribution in [-0.4, -0.2) is 68.1 Å². The number of sulfonamides is 1. The zero-order valence-corrected chi connectivity index (χ0v) is 25.1. The van der Waals surface area contributed by atoms with Gasteiger partial charge in [0.2, 0.25) is 5.91 Å². The van der Waals surface area contributed by atoms with Gasteiger partial charge in [0, 0.05) is 36.8 Å². The fraction of sp³-hybridized carbons (Fsp3) is 0.414. The minimum atomic E-state index is -4.41. The minimum absolute atomic E-state index is 0.0604. The van der Waals surface area contributed by atoms with Crippen LogP contribution in [0.4, 0.5) is 18.9 Å². The molecule has 0 aliphatic carbocycles. The number of hydrogen-bond acceptors (Lipinski definition) is 7. The molecule has 1 aliphatic heterocycles. The molecule has 1 amide bonds. The van der Waals surface area contributed by atoms with Crippen molar-refractivity contribution in [3.05, 3.63) is 76.7 Å². The second-order valence-electron chi connectivity index (χ2n) is 10.6. The molecule has 13 heteroatoms. The molecule has 0 bridgehead atoms. The van der Waals surface area contributed by atoms with Crippen LogP contribution >= 0.6 is 11.3 Å². The molecule has 2 heterocycles. The predicted molar refractivity (Wildman–Crippen MR) is 155 cm³/mol. The number of carbonyl (C=O) groups is 1. The van der Waals surface area contributed by atoms with Gasteiger partial charge < -0.3 is 14.7 Å². The smallest absolute Gasteiger partial charge is 0.416 e. The topological polar surface area (TPSA) is 99.2 Å². The third-order valence-corrected chi connectivity index (χ3v) is 9.93. The van der Waals surface area contributed by atoms with Crippen molar-refractivity contribution in [1.29, 1.82) is 0 Å². The standard InChI is InChI=1S/C29H34F3N3O5S2/c1-19-15-35(20(2)18-36)27(37)14-22-13-24(33-42(38,39)28-5-4-12-41-28)10-11-25(22)40-26(19)17-34(3)16-21-6-8-23(9-7-21)29(30,31)32/h4-13,19-20,26,33,36H,14-18H2,1-3H3/t19-,20+,26+/m1/s1. The Hall–Kier alpha value is -3.13. The van der Waals surface area contributed by atoms with E-state index in [-0.39, 0.29) is 34.7 Å². The van der Waals surface area contributed by atoms with E-state index in [1.807, 2.05) is 18.9 Å². The molecule has 0 unspecified atom stereocenters. The lowest BCUT2D eigenvalue weighted by molar-refractivity contribution is -0.137. The molecule has 0 saturated carbocycles. The third-order valence-electron chi connectivity index (χ3n) is 7.15. The summed E-state index contributed by atoms with van der Waals surface area (Å²) in [5.41, 5.74) is 0.767. The number of thiophene rings is 1. The number of aliphatic hydroxyl groups excluding tert-OH is 1. The lowest BCUT2D eigenvalue weighted by Gasteiger charge is -2.34. The number of amides is 1. The molecule has 2 N–H and O–H groups in total. The normalized spacial score (nSPS) is 19.0. The molecule has 0 fully saturated rings. The summed E-state index contributed by atoms with van der Waals surface area (Å²) in [7, 11) is -1.97. The molecule has 42 heavy (non-hydrogen) atoms. The Morgan fingerprint density at radius 1 is 1.19 bits per heavy atom. The summed E-state index contributed by atoms with van der Waals surface area (Å²) in [4.78, 5) is 17.0. The van der Waals surface area contributed by atoms with Crippen molar-refractivity contribution in [2.45, 2.75) is 49.3 Å². The van der Waals surface area contributed by atoms with E-state index in [0.29, 0.717) is 36.5 Å². The number of nitrogens with one attached hydrogen (secondary N) is 1. The largest absolute Gasteiger partial charge is 0.488 e. The molecular weight excluding hydrogens is 591 g/mol. The van der Waals surface area contributed by atoms with Crippen molar-refractivity contribution in [3.8, 4) is 5.75 Å². The van der Waals surface area contributed by atoms with Crippen molar-refractivity contribution >= 4 is 33.0 Å². The average molecular weight is 626 g/mol.